The lowest BCUT2D eigenvalue weighted by atomic mass is 9.87. The Hall–Kier alpha value is -4.76. The first kappa shape index (κ1) is 29.7. The van der Waals surface area contributed by atoms with Crippen LogP contribution in [0.2, 0.25) is 0 Å². The van der Waals surface area contributed by atoms with Crippen molar-refractivity contribution >= 4 is 33.3 Å². The Morgan fingerprint density at radius 1 is 0.884 bits per heavy atom. The fraction of sp³-hybridized carbons (Fsp3) is 0.206. The molecule has 0 N–H and O–H groups in total. The number of ether oxygens (including phenoxy) is 2. The third kappa shape index (κ3) is 6.52. The minimum Gasteiger partial charge on any atom is -0.497 e. The van der Waals surface area contributed by atoms with E-state index >= 15 is 0 Å². The van der Waals surface area contributed by atoms with Gasteiger partial charge in [0.05, 0.1) is 30.2 Å². The molecule has 5 rings (SSSR count). The highest BCUT2D eigenvalue weighted by molar-refractivity contribution is 7.90. The zero-order valence-corrected chi connectivity index (χ0v) is 25.0. The maximum absolute atomic E-state index is 13.7. The first-order valence-corrected chi connectivity index (χ1v) is 15.4. The number of fused-ring (bicyclic) bond motifs is 1. The van der Waals surface area contributed by atoms with Crippen molar-refractivity contribution in [3.63, 3.8) is 0 Å². The molecular weight excluding hydrogens is 564 g/mol. The van der Waals surface area contributed by atoms with E-state index in [9.17, 15) is 18.0 Å². The maximum Gasteiger partial charge on any atom is 0.338 e. The molecule has 1 aliphatic heterocycles. The molecule has 0 aliphatic carbocycles. The molecule has 220 valence electrons. The zero-order valence-electron chi connectivity index (χ0n) is 24.2. The quantitative estimate of drug-likeness (QED) is 0.164. The van der Waals surface area contributed by atoms with Crippen molar-refractivity contribution in [1.29, 1.82) is 0 Å². The number of nitrogens with zero attached hydrogens (tertiary/aromatic N) is 2. The summed E-state index contributed by atoms with van der Waals surface area (Å²) in [4.78, 5) is 27.9. The number of esters is 1. The molecule has 8 nitrogen and oxygen atoms in total. The summed E-state index contributed by atoms with van der Waals surface area (Å²) in [5.74, 6) is 0.327. The number of sulfonamides is 1. The van der Waals surface area contributed by atoms with Crippen LogP contribution < -0.4 is 9.64 Å². The van der Waals surface area contributed by atoms with Crippen molar-refractivity contribution in [2.75, 3.05) is 18.6 Å². The van der Waals surface area contributed by atoms with Crippen molar-refractivity contribution in [3.05, 3.63) is 125 Å². The number of Topliss-reactive ketones (excluding diaryl/α,β-unsaturated/α-hetero) is 1. The van der Waals surface area contributed by atoms with E-state index < -0.39 is 22.0 Å². The predicted molar refractivity (Wildman–Crippen MR) is 166 cm³/mol. The van der Waals surface area contributed by atoms with Crippen LogP contribution in [0.25, 0.3) is 0 Å². The molecule has 1 atom stereocenters. The first-order valence-electron chi connectivity index (χ1n) is 13.9. The van der Waals surface area contributed by atoms with Crippen LogP contribution in [0, 0.1) is 6.92 Å². The second-order valence-corrected chi connectivity index (χ2v) is 11.8. The number of carbonyl (C=O) groups is 2. The summed E-state index contributed by atoms with van der Waals surface area (Å²) in [6, 6.07) is 27.2. The van der Waals surface area contributed by atoms with Gasteiger partial charge in [-0.15, -0.1) is 4.40 Å². The highest BCUT2D eigenvalue weighted by Gasteiger charge is 2.35. The Labute approximate surface area is 251 Å². The van der Waals surface area contributed by atoms with Crippen molar-refractivity contribution < 1.29 is 27.5 Å². The van der Waals surface area contributed by atoms with Crippen LogP contribution in [-0.4, -0.2) is 39.7 Å². The van der Waals surface area contributed by atoms with Gasteiger partial charge in [-0.3, -0.25) is 4.79 Å². The van der Waals surface area contributed by atoms with Crippen LogP contribution >= 0.6 is 0 Å². The predicted octanol–water partition coefficient (Wildman–Crippen LogP) is 6.34. The molecule has 0 amide bonds. The zero-order chi connectivity index (χ0) is 30.6. The normalized spacial score (nSPS) is 15.6. The van der Waals surface area contributed by atoms with Crippen molar-refractivity contribution in [2.24, 2.45) is 4.40 Å². The Balaban J connectivity index is 1.63. The van der Waals surface area contributed by atoms with Crippen LogP contribution in [0.15, 0.2) is 106 Å². The largest absolute Gasteiger partial charge is 0.497 e. The number of ketones is 1. The van der Waals surface area contributed by atoms with Gasteiger partial charge < -0.3 is 14.4 Å². The van der Waals surface area contributed by atoms with E-state index in [0.717, 1.165) is 16.7 Å². The number of carbonyl (C=O) groups excluding carboxylic acids is 2. The molecule has 0 aromatic heterocycles. The molecular formula is C34H32N2O6S. The van der Waals surface area contributed by atoms with Gasteiger partial charge in [-0.1, -0.05) is 42.0 Å². The van der Waals surface area contributed by atoms with Gasteiger partial charge in [0.25, 0.3) is 10.0 Å². The lowest BCUT2D eigenvalue weighted by Gasteiger charge is -2.39. The number of hydrogen-bond acceptors (Lipinski definition) is 6. The number of rotatable bonds is 9. The fourth-order valence-electron chi connectivity index (χ4n) is 5.15. The number of benzene rings is 4. The Kier molecular flexibility index (Phi) is 8.73. The standard InChI is InChI=1S/C34H32N2O6S/c1-4-42-34(38)25-11-15-27(16-12-25)36-31(22-32(37)24-13-17-28(41-3)18-14-24)30-8-6-5-7-26(30)21-33(36)35-43(39,40)29-19-9-23(2)10-20-29/h5-20,31H,4,21-22H2,1-3H3/b35-33+. The van der Waals surface area contributed by atoms with Crippen molar-refractivity contribution in [1.82, 2.24) is 0 Å². The number of methoxy groups -OCH3 is 1. The first-order chi connectivity index (χ1) is 20.7. The molecule has 0 bridgehead atoms. The average molecular weight is 597 g/mol. The minimum absolute atomic E-state index is 0.0482. The van der Waals surface area contributed by atoms with Crippen molar-refractivity contribution in [3.8, 4) is 5.75 Å². The summed E-state index contributed by atoms with van der Waals surface area (Å²) in [6.07, 6.45) is 0.278. The molecule has 0 fully saturated rings. The van der Waals surface area contributed by atoms with Crippen LogP contribution in [0.5, 0.6) is 5.75 Å². The van der Waals surface area contributed by atoms with Gasteiger partial charge in [0.2, 0.25) is 0 Å². The summed E-state index contributed by atoms with van der Waals surface area (Å²) in [7, 11) is -2.53. The van der Waals surface area contributed by atoms with Crippen LogP contribution in [0.1, 0.15) is 56.8 Å². The Morgan fingerprint density at radius 3 is 2.19 bits per heavy atom. The Morgan fingerprint density at radius 2 is 1.53 bits per heavy atom. The number of aryl methyl sites for hydroxylation is 1. The lowest BCUT2D eigenvalue weighted by Crippen LogP contribution is -2.42. The van der Waals surface area contributed by atoms with E-state index in [1.54, 1.807) is 79.6 Å². The smallest absolute Gasteiger partial charge is 0.338 e. The monoisotopic (exact) mass is 596 g/mol. The highest BCUT2D eigenvalue weighted by atomic mass is 32.2. The van der Waals surface area contributed by atoms with Crippen molar-refractivity contribution in [2.45, 2.75) is 37.6 Å². The van der Waals surface area contributed by atoms with E-state index in [1.807, 2.05) is 31.2 Å². The van der Waals surface area contributed by atoms with E-state index in [1.165, 1.54) is 12.1 Å². The van der Waals surface area contributed by atoms with Gasteiger partial charge in [-0.05, 0) is 85.6 Å². The molecule has 0 saturated heterocycles. The van der Waals surface area contributed by atoms with Gasteiger partial charge in [0.15, 0.2) is 5.78 Å². The van der Waals surface area contributed by atoms with E-state index in [4.69, 9.17) is 9.47 Å². The topological polar surface area (TPSA) is 102 Å². The second-order valence-electron chi connectivity index (χ2n) is 10.2. The van der Waals surface area contributed by atoms with Crippen LogP contribution in [-0.2, 0) is 21.2 Å². The highest BCUT2D eigenvalue weighted by Crippen LogP contribution is 2.38. The second kappa shape index (κ2) is 12.6. The van der Waals surface area contributed by atoms with E-state index in [2.05, 4.69) is 4.40 Å². The van der Waals surface area contributed by atoms with Crippen LogP contribution in [0.3, 0.4) is 0 Å². The van der Waals surface area contributed by atoms with Gasteiger partial charge in [-0.2, -0.15) is 8.42 Å². The van der Waals surface area contributed by atoms with Gasteiger partial charge >= 0.3 is 5.97 Å². The summed E-state index contributed by atoms with van der Waals surface area (Å²) in [5, 5.41) is 0. The molecule has 9 heteroatoms. The Bertz CT molecular complexity index is 1760. The number of amidine groups is 1. The minimum atomic E-state index is -4.09. The molecule has 1 heterocycles. The molecule has 43 heavy (non-hydrogen) atoms. The van der Waals surface area contributed by atoms with E-state index in [-0.39, 0.29) is 36.0 Å². The molecule has 1 unspecified atom stereocenters. The molecule has 4 aromatic rings. The van der Waals surface area contributed by atoms with Gasteiger partial charge in [-0.25, -0.2) is 4.79 Å². The summed E-state index contributed by atoms with van der Waals surface area (Å²) in [5.41, 5.74) is 4.16. The summed E-state index contributed by atoms with van der Waals surface area (Å²) in [6.45, 7) is 3.86. The van der Waals surface area contributed by atoms with Crippen LogP contribution in [0.4, 0.5) is 5.69 Å². The third-order valence-electron chi connectivity index (χ3n) is 7.34. The maximum atomic E-state index is 13.7. The van der Waals surface area contributed by atoms with E-state index in [0.29, 0.717) is 22.6 Å². The van der Waals surface area contributed by atoms with Gasteiger partial charge in [0.1, 0.15) is 11.6 Å². The third-order valence-corrected chi connectivity index (χ3v) is 8.66. The van der Waals surface area contributed by atoms with Gasteiger partial charge in [0, 0.05) is 24.1 Å². The molecule has 0 radical (unpaired) electrons. The fourth-order valence-corrected chi connectivity index (χ4v) is 6.16. The molecule has 4 aromatic carbocycles. The summed E-state index contributed by atoms with van der Waals surface area (Å²) < 4.78 is 41.9. The summed E-state index contributed by atoms with van der Waals surface area (Å²) >= 11 is 0. The molecule has 0 saturated carbocycles. The molecule has 1 aliphatic rings. The lowest BCUT2D eigenvalue weighted by molar-refractivity contribution is 0.0526. The number of hydrogen-bond donors (Lipinski definition) is 0. The molecule has 0 spiro atoms. The SMILES string of the molecule is CCOC(=O)c1ccc(N2/C(=N/S(=O)(=O)c3ccc(C)cc3)Cc3ccccc3C2CC(=O)c2ccc(OC)cc2)cc1. The average Bonchev–Trinajstić information content (AvgIpc) is 3.01. The number of anilines is 1.